The molecule has 5 rings (SSSR count). The first-order valence-corrected chi connectivity index (χ1v) is 10.4. The van der Waals surface area contributed by atoms with Crippen molar-refractivity contribution in [3.63, 3.8) is 0 Å². The molecule has 0 radical (unpaired) electrons. The molecule has 1 saturated carbocycles. The van der Waals surface area contributed by atoms with Crippen LogP contribution in [0.2, 0.25) is 0 Å². The molecular formula is C23H24F2N4O. The van der Waals surface area contributed by atoms with Gasteiger partial charge in [0, 0.05) is 45.3 Å². The van der Waals surface area contributed by atoms with E-state index in [1.165, 1.54) is 24.3 Å². The Bertz CT molecular complexity index is 1070. The molecule has 1 aromatic heterocycles. The summed E-state index contributed by atoms with van der Waals surface area (Å²) < 4.78 is 28.6. The maximum Gasteiger partial charge on any atom is 0.233 e. The predicted octanol–water partition coefficient (Wildman–Crippen LogP) is 3.19. The first kappa shape index (κ1) is 19.2. The number of nitrogens with zero attached hydrogens (tertiary/aromatic N) is 4. The van der Waals surface area contributed by atoms with Crippen molar-refractivity contribution in [3.05, 3.63) is 66.0 Å². The standard InChI is InChI=1S/C23H24F2N4O/c24-18-3-1-17(2-4-18)23(7-8-23)22(30)28-12-9-27(10-13-28)11-14-29-16-26-20-15-19(25)5-6-21(20)29/h1-6,15-16H,7-14H2. The van der Waals surface area contributed by atoms with E-state index in [0.717, 1.165) is 50.1 Å². The van der Waals surface area contributed by atoms with E-state index in [0.29, 0.717) is 18.6 Å². The molecule has 2 aromatic carbocycles. The highest BCUT2D eigenvalue weighted by Crippen LogP contribution is 2.49. The molecule has 2 fully saturated rings. The lowest BCUT2D eigenvalue weighted by atomic mass is 9.94. The number of piperazine rings is 1. The minimum Gasteiger partial charge on any atom is -0.339 e. The first-order chi connectivity index (χ1) is 14.5. The van der Waals surface area contributed by atoms with E-state index < -0.39 is 5.41 Å². The number of aromatic nitrogens is 2. The van der Waals surface area contributed by atoms with Crippen LogP contribution in [0.3, 0.4) is 0 Å². The van der Waals surface area contributed by atoms with Gasteiger partial charge in [-0.15, -0.1) is 0 Å². The summed E-state index contributed by atoms with van der Waals surface area (Å²) in [5, 5.41) is 0. The van der Waals surface area contributed by atoms with E-state index in [1.807, 2.05) is 9.47 Å². The van der Waals surface area contributed by atoms with Crippen LogP contribution >= 0.6 is 0 Å². The fourth-order valence-electron chi connectivity index (χ4n) is 4.46. The smallest absolute Gasteiger partial charge is 0.233 e. The Morgan fingerprint density at radius 1 is 0.933 bits per heavy atom. The van der Waals surface area contributed by atoms with E-state index >= 15 is 0 Å². The van der Waals surface area contributed by atoms with Gasteiger partial charge in [0.1, 0.15) is 11.6 Å². The van der Waals surface area contributed by atoms with Gasteiger partial charge in [-0.25, -0.2) is 13.8 Å². The normalized spacial score (nSPS) is 18.7. The van der Waals surface area contributed by atoms with Gasteiger partial charge in [-0.3, -0.25) is 9.69 Å². The molecule has 5 nitrogen and oxygen atoms in total. The van der Waals surface area contributed by atoms with Gasteiger partial charge in [-0.1, -0.05) is 12.1 Å². The lowest BCUT2D eigenvalue weighted by Crippen LogP contribution is -2.52. The van der Waals surface area contributed by atoms with Crippen LogP contribution in [0.25, 0.3) is 11.0 Å². The summed E-state index contributed by atoms with van der Waals surface area (Å²) in [6.45, 7) is 4.69. The maximum absolute atomic E-state index is 13.3. The predicted molar refractivity (Wildman–Crippen MR) is 110 cm³/mol. The second kappa shape index (κ2) is 7.47. The van der Waals surface area contributed by atoms with Gasteiger partial charge in [0.15, 0.2) is 0 Å². The molecule has 7 heteroatoms. The third-order valence-electron chi connectivity index (χ3n) is 6.46. The van der Waals surface area contributed by atoms with Gasteiger partial charge >= 0.3 is 0 Å². The number of amides is 1. The molecule has 0 N–H and O–H groups in total. The van der Waals surface area contributed by atoms with E-state index in [9.17, 15) is 13.6 Å². The quantitative estimate of drug-likeness (QED) is 0.649. The van der Waals surface area contributed by atoms with Crippen LogP contribution in [0.15, 0.2) is 48.8 Å². The van der Waals surface area contributed by atoms with Gasteiger partial charge in [0.05, 0.1) is 22.8 Å². The Hall–Kier alpha value is -2.80. The molecular weight excluding hydrogens is 386 g/mol. The summed E-state index contributed by atoms with van der Waals surface area (Å²) >= 11 is 0. The molecule has 0 atom stereocenters. The van der Waals surface area contributed by atoms with E-state index in [-0.39, 0.29) is 17.5 Å². The van der Waals surface area contributed by atoms with Crippen molar-refractivity contribution in [1.29, 1.82) is 0 Å². The van der Waals surface area contributed by atoms with Crippen molar-refractivity contribution < 1.29 is 13.6 Å². The number of hydrogen-bond donors (Lipinski definition) is 0. The summed E-state index contributed by atoms with van der Waals surface area (Å²) in [4.78, 5) is 21.7. The van der Waals surface area contributed by atoms with Gasteiger partial charge in [-0.2, -0.15) is 0 Å². The van der Waals surface area contributed by atoms with Crippen LogP contribution in [0.5, 0.6) is 0 Å². The van der Waals surface area contributed by atoms with Crippen LogP contribution in [0, 0.1) is 11.6 Å². The largest absolute Gasteiger partial charge is 0.339 e. The zero-order valence-corrected chi connectivity index (χ0v) is 16.7. The number of hydrogen-bond acceptors (Lipinski definition) is 3. The lowest BCUT2D eigenvalue weighted by molar-refractivity contribution is -0.135. The third kappa shape index (κ3) is 3.47. The van der Waals surface area contributed by atoms with Crippen molar-refractivity contribution >= 4 is 16.9 Å². The Balaban J connectivity index is 1.17. The Labute approximate surface area is 173 Å². The SMILES string of the molecule is O=C(N1CCN(CCn2cnc3cc(F)ccc32)CC1)C1(c2ccc(F)cc2)CC1. The molecule has 1 aliphatic carbocycles. The highest BCUT2D eigenvalue weighted by molar-refractivity contribution is 5.91. The number of rotatable bonds is 5. The second-order valence-electron chi connectivity index (χ2n) is 8.29. The van der Waals surface area contributed by atoms with Crippen molar-refractivity contribution in [3.8, 4) is 0 Å². The highest BCUT2D eigenvalue weighted by Gasteiger charge is 2.53. The summed E-state index contributed by atoms with van der Waals surface area (Å²) in [5.74, 6) is -0.370. The van der Waals surface area contributed by atoms with Crippen molar-refractivity contribution in [2.24, 2.45) is 0 Å². The Morgan fingerprint density at radius 2 is 1.63 bits per heavy atom. The van der Waals surface area contributed by atoms with E-state index in [2.05, 4.69) is 9.88 Å². The summed E-state index contributed by atoms with van der Waals surface area (Å²) in [5.41, 5.74) is 2.09. The number of carbonyl (C=O) groups is 1. The molecule has 0 unspecified atom stereocenters. The number of carbonyl (C=O) groups excluding carboxylic acids is 1. The molecule has 30 heavy (non-hydrogen) atoms. The second-order valence-corrected chi connectivity index (χ2v) is 8.29. The lowest BCUT2D eigenvalue weighted by Gasteiger charge is -2.36. The fourth-order valence-corrected chi connectivity index (χ4v) is 4.46. The van der Waals surface area contributed by atoms with Gasteiger partial charge in [0.2, 0.25) is 5.91 Å². The average molecular weight is 410 g/mol. The zero-order valence-electron chi connectivity index (χ0n) is 16.7. The number of halogens is 2. The van der Waals surface area contributed by atoms with E-state index in [1.54, 1.807) is 24.5 Å². The number of imidazole rings is 1. The number of benzene rings is 2. The molecule has 1 amide bonds. The maximum atomic E-state index is 13.3. The van der Waals surface area contributed by atoms with Gasteiger partial charge in [0.25, 0.3) is 0 Å². The first-order valence-electron chi connectivity index (χ1n) is 10.4. The topological polar surface area (TPSA) is 41.4 Å². The molecule has 0 spiro atoms. The van der Waals surface area contributed by atoms with Crippen LogP contribution < -0.4 is 0 Å². The fraction of sp³-hybridized carbons (Fsp3) is 0.391. The molecule has 156 valence electrons. The van der Waals surface area contributed by atoms with E-state index in [4.69, 9.17) is 0 Å². The van der Waals surface area contributed by atoms with Crippen LogP contribution in [-0.4, -0.2) is 58.0 Å². The third-order valence-corrected chi connectivity index (χ3v) is 6.46. The molecule has 2 heterocycles. The van der Waals surface area contributed by atoms with Crippen molar-refractivity contribution in [2.45, 2.75) is 24.8 Å². The van der Waals surface area contributed by atoms with Gasteiger partial charge in [-0.05, 0) is 42.7 Å². The minimum atomic E-state index is -0.444. The van der Waals surface area contributed by atoms with Crippen LogP contribution in [0.4, 0.5) is 8.78 Å². The average Bonchev–Trinajstić information content (AvgIpc) is 3.48. The highest BCUT2D eigenvalue weighted by atomic mass is 19.1. The minimum absolute atomic E-state index is 0.177. The van der Waals surface area contributed by atoms with Crippen LogP contribution in [-0.2, 0) is 16.8 Å². The molecule has 1 saturated heterocycles. The molecule has 0 bridgehead atoms. The molecule has 3 aromatic rings. The Morgan fingerprint density at radius 3 is 2.33 bits per heavy atom. The van der Waals surface area contributed by atoms with Crippen molar-refractivity contribution in [1.82, 2.24) is 19.4 Å². The van der Waals surface area contributed by atoms with Gasteiger partial charge < -0.3 is 9.47 Å². The molecule has 1 aliphatic heterocycles. The molecule has 2 aliphatic rings. The van der Waals surface area contributed by atoms with Crippen molar-refractivity contribution in [2.75, 3.05) is 32.7 Å². The summed E-state index contributed by atoms with van der Waals surface area (Å²) in [6, 6.07) is 11.0. The number of fused-ring (bicyclic) bond motifs is 1. The Kier molecular flexibility index (Phi) is 4.77. The summed E-state index contributed by atoms with van der Waals surface area (Å²) in [6.07, 6.45) is 3.43. The summed E-state index contributed by atoms with van der Waals surface area (Å²) in [7, 11) is 0. The monoisotopic (exact) mass is 410 g/mol. The van der Waals surface area contributed by atoms with Crippen LogP contribution in [0.1, 0.15) is 18.4 Å². The zero-order chi connectivity index (χ0) is 20.7.